The molecule has 1 heterocycles. The van der Waals surface area contributed by atoms with Gasteiger partial charge in [0.05, 0.1) is 12.9 Å². The highest BCUT2D eigenvalue weighted by atomic mass is 16.3. The van der Waals surface area contributed by atoms with Gasteiger partial charge in [0, 0.05) is 6.08 Å². The van der Waals surface area contributed by atoms with E-state index >= 15 is 0 Å². The Hall–Kier alpha value is -2.33. The fourth-order valence-electron chi connectivity index (χ4n) is 1.77. The Balaban J connectivity index is 1.96. The van der Waals surface area contributed by atoms with Crippen LogP contribution < -0.4 is 5.32 Å². The molecule has 20 heavy (non-hydrogen) atoms. The maximum atomic E-state index is 11.8. The summed E-state index contributed by atoms with van der Waals surface area (Å²) in [5, 5.41) is 11.9. The Bertz CT molecular complexity index is 570. The maximum absolute atomic E-state index is 11.8. The van der Waals surface area contributed by atoms with Crippen LogP contribution in [-0.2, 0) is 4.79 Å². The lowest BCUT2D eigenvalue weighted by Gasteiger charge is -2.12. The minimum absolute atomic E-state index is 0.211. The second-order valence-corrected chi connectivity index (χ2v) is 4.50. The van der Waals surface area contributed by atoms with Crippen LogP contribution in [0.2, 0.25) is 0 Å². The smallest absolute Gasteiger partial charge is 0.244 e. The van der Waals surface area contributed by atoms with E-state index in [0.29, 0.717) is 5.76 Å². The molecule has 2 N–H and O–H groups in total. The molecule has 0 saturated carbocycles. The Morgan fingerprint density at radius 3 is 2.70 bits per heavy atom. The van der Waals surface area contributed by atoms with Gasteiger partial charge in [-0.2, -0.15) is 0 Å². The van der Waals surface area contributed by atoms with E-state index in [1.807, 2.05) is 31.2 Å². The third kappa shape index (κ3) is 3.83. The van der Waals surface area contributed by atoms with Crippen molar-refractivity contribution in [2.45, 2.75) is 13.0 Å². The standard InChI is InChI=1S/C16H17NO3/c1-12-4-6-13(7-5-12)8-9-16(19)17-14(11-18)15-3-2-10-20-15/h2-10,14,18H,11H2,1H3,(H,17,19)/b9-8+. The lowest BCUT2D eigenvalue weighted by Crippen LogP contribution is -2.28. The number of hydrogen-bond acceptors (Lipinski definition) is 3. The first kappa shape index (κ1) is 14.1. The first-order valence-corrected chi connectivity index (χ1v) is 6.38. The zero-order valence-electron chi connectivity index (χ0n) is 11.2. The Morgan fingerprint density at radius 2 is 2.10 bits per heavy atom. The van der Waals surface area contributed by atoms with E-state index in [1.165, 1.54) is 17.9 Å². The predicted molar refractivity (Wildman–Crippen MR) is 76.9 cm³/mol. The summed E-state index contributed by atoms with van der Waals surface area (Å²) < 4.78 is 5.16. The zero-order chi connectivity index (χ0) is 14.4. The normalized spacial score (nSPS) is 12.5. The summed E-state index contributed by atoms with van der Waals surface area (Å²) in [7, 11) is 0. The fourth-order valence-corrected chi connectivity index (χ4v) is 1.77. The Labute approximate surface area is 117 Å². The van der Waals surface area contributed by atoms with E-state index in [0.717, 1.165) is 5.56 Å². The number of carbonyl (C=O) groups is 1. The molecule has 2 aromatic rings. The van der Waals surface area contributed by atoms with Crippen molar-refractivity contribution in [3.05, 3.63) is 65.6 Å². The highest BCUT2D eigenvalue weighted by Gasteiger charge is 2.14. The number of nitrogens with one attached hydrogen (secondary N) is 1. The lowest BCUT2D eigenvalue weighted by atomic mass is 10.1. The van der Waals surface area contributed by atoms with Gasteiger partial charge in [-0.3, -0.25) is 4.79 Å². The van der Waals surface area contributed by atoms with E-state index in [4.69, 9.17) is 4.42 Å². The van der Waals surface area contributed by atoms with Gasteiger partial charge in [-0.25, -0.2) is 0 Å². The number of furan rings is 1. The van der Waals surface area contributed by atoms with Crippen LogP contribution in [-0.4, -0.2) is 17.6 Å². The van der Waals surface area contributed by atoms with Crippen molar-refractivity contribution in [2.75, 3.05) is 6.61 Å². The summed E-state index contributed by atoms with van der Waals surface area (Å²) in [4.78, 5) is 11.8. The first-order chi connectivity index (χ1) is 9.69. The van der Waals surface area contributed by atoms with Gasteiger partial charge in [0.15, 0.2) is 0 Å². The van der Waals surface area contributed by atoms with Crippen LogP contribution in [0, 0.1) is 6.92 Å². The van der Waals surface area contributed by atoms with Crippen LogP contribution in [0.4, 0.5) is 0 Å². The minimum Gasteiger partial charge on any atom is -0.467 e. The molecule has 0 aliphatic carbocycles. The van der Waals surface area contributed by atoms with E-state index in [1.54, 1.807) is 18.2 Å². The highest BCUT2D eigenvalue weighted by molar-refractivity contribution is 5.91. The molecule has 0 bridgehead atoms. The number of rotatable bonds is 5. The summed E-state index contributed by atoms with van der Waals surface area (Å²) in [5.74, 6) is 0.255. The second-order valence-electron chi connectivity index (χ2n) is 4.50. The largest absolute Gasteiger partial charge is 0.467 e. The molecule has 1 amide bonds. The van der Waals surface area contributed by atoms with Crippen LogP contribution in [0.25, 0.3) is 6.08 Å². The molecule has 1 unspecified atom stereocenters. The summed E-state index contributed by atoms with van der Waals surface area (Å²) in [5.41, 5.74) is 2.12. The quantitative estimate of drug-likeness (QED) is 0.821. The molecule has 0 saturated heterocycles. The topological polar surface area (TPSA) is 62.5 Å². The molecule has 2 rings (SSSR count). The third-order valence-corrected chi connectivity index (χ3v) is 2.89. The van der Waals surface area contributed by atoms with Gasteiger partial charge in [-0.05, 0) is 30.7 Å². The number of hydrogen-bond donors (Lipinski definition) is 2. The predicted octanol–water partition coefficient (Wildman–Crippen LogP) is 2.45. The molecular weight excluding hydrogens is 254 g/mol. The lowest BCUT2D eigenvalue weighted by molar-refractivity contribution is -0.117. The monoisotopic (exact) mass is 271 g/mol. The Morgan fingerprint density at radius 1 is 1.35 bits per heavy atom. The number of aliphatic hydroxyl groups excluding tert-OH is 1. The van der Waals surface area contributed by atoms with Crippen molar-refractivity contribution >= 4 is 12.0 Å². The summed E-state index contributed by atoms with van der Waals surface area (Å²) >= 11 is 0. The molecule has 1 aromatic heterocycles. The maximum Gasteiger partial charge on any atom is 0.244 e. The van der Waals surface area contributed by atoms with Gasteiger partial charge < -0.3 is 14.8 Å². The van der Waals surface area contributed by atoms with E-state index in [2.05, 4.69) is 5.32 Å². The number of amides is 1. The van der Waals surface area contributed by atoms with Crippen molar-refractivity contribution in [1.82, 2.24) is 5.32 Å². The Kier molecular flexibility index (Phi) is 4.74. The molecule has 1 aromatic carbocycles. The van der Waals surface area contributed by atoms with Gasteiger partial charge in [0.1, 0.15) is 11.8 Å². The average Bonchev–Trinajstić information content (AvgIpc) is 2.98. The van der Waals surface area contributed by atoms with Crippen LogP contribution in [0.1, 0.15) is 22.9 Å². The molecule has 4 nitrogen and oxygen atoms in total. The average molecular weight is 271 g/mol. The van der Waals surface area contributed by atoms with E-state index in [-0.39, 0.29) is 12.5 Å². The third-order valence-electron chi connectivity index (χ3n) is 2.89. The number of aryl methyl sites for hydroxylation is 1. The number of aliphatic hydroxyl groups is 1. The van der Waals surface area contributed by atoms with Gasteiger partial charge in [0.25, 0.3) is 0 Å². The molecule has 1 atom stereocenters. The number of carbonyl (C=O) groups excluding carboxylic acids is 1. The highest BCUT2D eigenvalue weighted by Crippen LogP contribution is 2.12. The molecular formula is C16H17NO3. The van der Waals surface area contributed by atoms with Gasteiger partial charge >= 0.3 is 0 Å². The molecule has 0 fully saturated rings. The van der Waals surface area contributed by atoms with Gasteiger partial charge in [0.2, 0.25) is 5.91 Å². The molecule has 0 aliphatic rings. The SMILES string of the molecule is Cc1ccc(/C=C/C(=O)NC(CO)c2ccco2)cc1. The van der Waals surface area contributed by atoms with Crippen molar-refractivity contribution < 1.29 is 14.3 Å². The van der Waals surface area contributed by atoms with Gasteiger partial charge in [-0.15, -0.1) is 0 Å². The summed E-state index contributed by atoms with van der Waals surface area (Å²) in [6, 6.07) is 10.7. The number of benzene rings is 1. The van der Waals surface area contributed by atoms with Crippen molar-refractivity contribution in [2.24, 2.45) is 0 Å². The summed E-state index contributed by atoms with van der Waals surface area (Å²) in [6.07, 6.45) is 4.67. The second kappa shape index (κ2) is 6.73. The minimum atomic E-state index is -0.528. The zero-order valence-corrected chi connectivity index (χ0v) is 11.2. The molecule has 0 spiro atoms. The van der Waals surface area contributed by atoms with Crippen molar-refractivity contribution in [3.63, 3.8) is 0 Å². The molecule has 0 aliphatic heterocycles. The first-order valence-electron chi connectivity index (χ1n) is 6.38. The van der Waals surface area contributed by atoms with Crippen LogP contribution in [0.15, 0.2) is 53.2 Å². The molecule has 104 valence electrons. The molecule has 4 heteroatoms. The van der Waals surface area contributed by atoms with E-state index in [9.17, 15) is 9.90 Å². The van der Waals surface area contributed by atoms with Crippen LogP contribution in [0.5, 0.6) is 0 Å². The van der Waals surface area contributed by atoms with Gasteiger partial charge in [-0.1, -0.05) is 29.8 Å². The van der Waals surface area contributed by atoms with E-state index < -0.39 is 6.04 Å². The summed E-state index contributed by atoms with van der Waals surface area (Å²) in [6.45, 7) is 1.80. The van der Waals surface area contributed by atoms with Crippen molar-refractivity contribution in [1.29, 1.82) is 0 Å². The van der Waals surface area contributed by atoms with Crippen molar-refractivity contribution in [3.8, 4) is 0 Å². The van der Waals surface area contributed by atoms with Crippen LogP contribution >= 0.6 is 0 Å². The van der Waals surface area contributed by atoms with Crippen LogP contribution in [0.3, 0.4) is 0 Å². The fraction of sp³-hybridized carbons (Fsp3) is 0.188. The molecule has 0 radical (unpaired) electrons.